The van der Waals surface area contributed by atoms with E-state index in [4.69, 9.17) is 0 Å². The molecule has 16 heavy (non-hydrogen) atoms. The quantitative estimate of drug-likeness (QED) is 0.650. The monoisotopic (exact) mass is 222 g/mol. The van der Waals surface area contributed by atoms with Gasteiger partial charge in [0.25, 0.3) is 0 Å². The summed E-state index contributed by atoms with van der Waals surface area (Å²) in [4.78, 5) is 0. The predicted octanol–water partition coefficient (Wildman–Crippen LogP) is 2.45. The van der Waals surface area contributed by atoms with Crippen molar-refractivity contribution < 1.29 is 0 Å². The van der Waals surface area contributed by atoms with E-state index in [1.165, 1.54) is 10.8 Å². The minimum atomic E-state index is -1.56. The molecular weight excluding hydrogens is 208 g/mol. The molecule has 1 heterocycles. The van der Waals surface area contributed by atoms with Gasteiger partial charge in [-0.05, 0) is 10.8 Å². The third-order valence-electron chi connectivity index (χ3n) is 3.49. The average Bonchev–Trinajstić information content (AvgIpc) is 2.71. The summed E-state index contributed by atoms with van der Waals surface area (Å²) in [5.41, 5.74) is 3.84. The summed E-state index contributed by atoms with van der Waals surface area (Å²) in [7, 11) is -1.56. The van der Waals surface area contributed by atoms with Gasteiger partial charge in [-0.3, -0.25) is 0 Å². The first-order chi connectivity index (χ1) is 7.81. The van der Waals surface area contributed by atoms with Gasteiger partial charge in [0.05, 0.1) is 0 Å². The van der Waals surface area contributed by atoms with E-state index in [1.807, 2.05) is 0 Å². The number of fused-ring (bicyclic) bond motifs is 1. The Balaban J connectivity index is 2.19. The van der Waals surface area contributed by atoms with Crippen LogP contribution in [0.1, 0.15) is 5.56 Å². The van der Waals surface area contributed by atoms with Gasteiger partial charge < -0.3 is 0 Å². The standard InChI is InChI=1S/C15H14Si/c1-16(14-8-3-2-4-9-14)12-11-13-7-5-6-10-15(13)16/h2-12H,1H3. The van der Waals surface area contributed by atoms with Crippen molar-refractivity contribution >= 4 is 24.5 Å². The maximum atomic E-state index is 2.44. The molecular formula is C15H14Si. The molecule has 0 spiro atoms. The second kappa shape index (κ2) is 3.46. The van der Waals surface area contributed by atoms with Crippen LogP contribution in [0.3, 0.4) is 0 Å². The van der Waals surface area contributed by atoms with Gasteiger partial charge in [0.15, 0.2) is 0 Å². The van der Waals surface area contributed by atoms with E-state index < -0.39 is 8.07 Å². The molecule has 0 N–H and O–H groups in total. The smallest absolute Gasteiger partial charge is 0.0854 e. The third-order valence-corrected chi connectivity index (χ3v) is 7.43. The van der Waals surface area contributed by atoms with Gasteiger partial charge in [-0.1, -0.05) is 78.1 Å². The Kier molecular flexibility index (Phi) is 2.08. The van der Waals surface area contributed by atoms with E-state index in [0.29, 0.717) is 0 Å². The highest BCUT2D eigenvalue weighted by atomic mass is 28.3. The lowest BCUT2D eigenvalue weighted by molar-refractivity contribution is 1.69. The van der Waals surface area contributed by atoms with Crippen LogP contribution in [0.4, 0.5) is 0 Å². The zero-order valence-electron chi connectivity index (χ0n) is 9.35. The Morgan fingerprint density at radius 3 is 2.31 bits per heavy atom. The van der Waals surface area contributed by atoms with Gasteiger partial charge in [-0.25, -0.2) is 0 Å². The number of hydrogen-bond acceptors (Lipinski definition) is 0. The normalized spacial score (nSPS) is 22.1. The van der Waals surface area contributed by atoms with E-state index in [0.717, 1.165) is 0 Å². The maximum Gasteiger partial charge on any atom is 0.139 e. The molecule has 1 unspecified atom stereocenters. The second-order valence-corrected chi connectivity index (χ2v) is 8.34. The minimum Gasteiger partial charge on any atom is -0.0854 e. The number of hydrogen-bond donors (Lipinski definition) is 0. The molecule has 0 fully saturated rings. The highest BCUT2D eigenvalue weighted by Gasteiger charge is 2.33. The van der Waals surface area contributed by atoms with E-state index in [1.54, 1.807) is 5.19 Å². The fraction of sp³-hybridized carbons (Fsp3) is 0.0667. The predicted molar refractivity (Wildman–Crippen MR) is 72.8 cm³/mol. The van der Waals surface area contributed by atoms with Gasteiger partial charge in [-0.2, -0.15) is 0 Å². The maximum absolute atomic E-state index is 2.44. The van der Waals surface area contributed by atoms with Gasteiger partial charge in [0.1, 0.15) is 8.07 Å². The molecule has 0 radical (unpaired) electrons. The van der Waals surface area contributed by atoms with Crippen LogP contribution in [0, 0.1) is 0 Å². The molecule has 3 rings (SSSR count). The average molecular weight is 222 g/mol. The summed E-state index contributed by atoms with van der Waals surface area (Å²) in [6, 6.07) is 19.7. The molecule has 1 aliphatic rings. The van der Waals surface area contributed by atoms with Gasteiger partial charge in [-0.15, -0.1) is 0 Å². The molecule has 0 saturated heterocycles. The summed E-state index contributed by atoms with van der Waals surface area (Å²) in [6.45, 7) is 2.42. The first-order valence-corrected chi connectivity index (χ1v) is 8.23. The van der Waals surface area contributed by atoms with E-state index >= 15 is 0 Å². The van der Waals surface area contributed by atoms with E-state index in [9.17, 15) is 0 Å². The van der Waals surface area contributed by atoms with Crippen LogP contribution in [0.5, 0.6) is 0 Å². The minimum absolute atomic E-state index is 1.40. The Bertz CT molecular complexity index is 542. The Morgan fingerprint density at radius 1 is 0.812 bits per heavy atom. The number of benzene rings is 2. The van der Waals surface area contributed by atoms with Crippen LogP contribution in [-0.2, 0) is 0 Å². The first kappa shape index (κ1) is 9.61. The molecule has 0 aromatic heterocycles. The van der Waals surface area contributed by atoms with Crippen molar-refractivity contribution in [1.29, 1.82) is 0 Å². The van der Waals surface area contributed by atoms with Crippen molar-refractivity contribution in [3.63, 3.8) is 0 Å². The van der Waals surface area contributed by atoms with Crippen molar-refractivity contribution in [3.05, 3.63) is 65.9 Å². The van der Waals surface area contributed by atoms with Crippen LogP contribution in [-0.4, -0.2) is 8.07 Å². The summed E-state index contributed by atoms with van der Waals surface area (Å²) >= 11 is 0. The van der Waals surface area contributed by atoms with E-state index in [-0.39, 0.29) is 0 Å². The molecule has 0 amide bonds. The molecule has 2 aromatic rings. The lowest BCUT2D eigenvalue weighted by Gasteiger charge is -2.22. The van der Waals surface area contributed by atoms with Gasteiger partial charge in [0, 0.05) is 0 Å². The highest BCUT2D eigenvalue weighted by Crippen LogP contribution is 2.18. The molecule has 0 bridgehead atoms. The molecule has 1 heteroatoms. The molecule has 2 aromatic carbocycles. The summed E-state index contributed by atoms with van der Waals surface area (Å²) in [5, 5.41) is 3.04. The highest BCUT2D eigenvalue weighted by molar-refractivity contribution is 7.06. The second-order valence-electron chi connectivity index (χ2n) is 4.49. The van der Waals surface area contributed by atoms with Crippen molar-refractivity contribution in [2.75, 3.05) is 0 Å². The van der Waals surface area contributed by atoms with Crippen molar-refractivity contribution in [3.8, 4) is 0 Å². The fourth-order valence-corrected chi connectivity index (χ4v) is 5.79. The zero-order chi connectivity index (χ0) is 11.0. The molecule has 1 atom stereocenters. The lowest BCUT2D eigenvalue weighted by Crippen LogP contribution is -2.53. The fourth-order valence-electron chi connectivity index (χ4n) is 2.50. The summed E-state index contributed by atoms with van der Waals surface area (Å²) in [5.74, 6) is 0. The summed E-state index contributed by atoms with van der Waals surface area (Å²) < 4.78 is 0. The number of rotatable bonds is 1. The Hall–Kier alpha value is -1.60. The van der Waals surface area contributed by atoms with Crippen LogP contribution < -0.4 is 10.4 Å². The SMILES string of the molecule is C[Si]1(c2ccccc2)C=Cc2ccccc21. The molecule has 0 nitrogen and oxygen atoms in total. The zero-order valence-corrected chi connectivity index (χ0v) is 10.4. The molecule has 78 valence electrons. The molecule has 1 aliphatic heterocycles. The van der Waals surface area contributed by atoms with Crippen molar-refractivity contribution in [2.45, 2.75) is 6.55 Å². The van der Waals surface area contributed by atoms with Crippen LogP contribution in [0.25, 0.3) is 6.08 Å². The Morgan fingerprint density at radius 2 is 1.50 bits per heavy atom. The largest absolute Gasteiger partial charge is 0.139 e. The molecule has 0 saturated carbocycles. The van der Waals surface area contributed by atoms with E-state index in [2.05, 4.69) is 72.9 Å². The van der Waals surface area contributed by atoms with Crippen LogP contribution in [0.15, 0.2) is 60.3 Å². The van der Waals surface area contributed by atoms with Crippen LogP contribution in [0.2, 0.25) is 6.55 Å². The van der Waals surface area contributed by atoms with Gasteiger partial charge in [0.2, 0.25) is 0 Å². The molecule has 0 aliphatic carbocycles. The third kappa shape index (κ3) is 1.29. The Labute approximate surface area is 97.3 Å². The topological polar surface area (TPSA) is 0 Å². The lowest BCUT2D eigenvalue weighted by atomic mass is 10.2. The van der Waals surface area contributed by atoms with Crippen molar-refractivity contribution in [2.24, 2.45) is 0 Å². The van der Waals surface area contributed by atoms with Crippen molar-refractivity contribution in [1.82, 2.24) is 0 Å². The first-order valence-electron chi connectivity index (χ1n) is 5.65. The van der Waals surface area contributed by atoms with Gasteiger partial charge >= 0.3 is 0 Å². The summed E-state index contributed by atoms with van der Waals surface area (Å²) in [6.07, 6.45) is 2.29. The van der Waals surface area contributed by atoms with Crippen LogP contribution >= 0.6 is 0 Å².